The van der Waals surface area contributed by atoms with Crippen LogP contribution in [0.2, 0.25) is 0 Å². The molecule has 4 nitrogen and oxygen atoms in total. The first-order chi connectivity index (χ1) is 8.77. The third-order valence-corrected chi connectivity index (χ3v) is 3.74. The van der Waals surface area contributed by atoms with E-state index in [-0.39, 0.29) is 17.5 Å². The van der Waals surface area contributed by atoms with Gasteiger partial charge in [0.1, 0.15) is 0 Å². The molecule has 2 rings (SSSR count). The highest BCUT2D eigenvalue weighted by molar-refractivity contribution is 5.89. The first-order valence-corrected chi connectivity index (χ1v) is 6.66. The van der Waals surface area contributed by atoms with Crippen LogP contribution in [-0.2, 0) is 0 Å². The topological polar surface area (TPSA) is 43.4 Å². The van der Waals surface area contributed by atoms with E-state index in [2.05, 4.69) is 0 Å². The van der Waals surface area contributed by atoms with Crippen LogP contribution in [0.25, 0.3) is 0 Å². The lowest BCUT2D eigenvalue weighted by Gasteiger charge is -2.47. The number of carbonyl (C=O) groups is 1. The summed E-state index contributed by atoms with van der Waals surface area (Å²) in [5, 5.41) is 13.1. The first kappa shape index (κ1) is 14.2. The molecule has 1 aromatic carbocycles. The predicted molar refractivity (Wildman–Crippen MR) is 75.1 cm³/mol. The number of hydroxylamine groups is 3. The van der Waals surface area contributed by atoms with Gasteiger partial charge in [-0.2, -0.15) is 0 Å². The van der Waals surface area contributed by atoms with E-state index in [1.165, 1.54) is 0 Å². The Balaban J connectivity index is 2.39. The SMILES string of the molecule is CN1CC[N@@+]([O-])(C(=O)c2ccccc2)C1C(C)(C)C. The van der Waals surface area contributed by atoms with E-state index in [1.54, 1.807) is 24.3 Å². The van der Waals surface area contributed by atoms with Gasteiger partial charge in [-0.05, 0) is 19.2 Å². The van der Waals surface area contributed by atoms with Gasteiger partial charge in [0.05, 0.1) is 18.7 Å². The van der Waals surface area contributed by atoms with Crippen LogP contribution in [0.4, 0.5) is 0 Å². The Morgan fingerprint density at radius 3 is 2.42 bits per heavy atom. The summed E-state index contributed by atoms with van der Waals surface area (Å²) in [6.45, 7) is 7.03. The summed E-state index contributed by atoms with van der Waals surface area (Å²) in [5.41, 5.74) is 0.263. The molecular formula is C15H22N2O2. The van der Waals surface area contributed by atoms with Gasteiger partial charge in [0.15, 0.2) is 6.17 Å². The van der Waals surface area contributed by atoms with Crippen molar-refractivity contribution in [3.63, 3.8) is 0 Å². The number of amides is 1. The third kappa shape index (κ3) is 2.43. The Kier molecular flexibility index (Phi) is 3.51. The molecular weight excluding hydrogens is 240 g/mol. The molecule has 1 heterocycles. The fourth-order valence-corrected chi connectivity index (χ4v) is 3.17. The van der Waals surface area contributed by atoms with Crippen molar-refractivity contribution in [1.29, 1.82) is 0 Å². The maximum Gasteiger partial charge on any atom is 0.347 e. The number of likely N-dealkylation sites (N-methyl/N-ethyl adjacent to an activating group) is 1. The van der Waals surface area contributed by atoms with E-state index in [9.17, 15) is 10.0 Å². The van der Waals surface area contributed by atoms with Crippen molar-refractivity contribution >= 4 is 5.91 Å². The van der Waals surface area contributed by atoms with E-state index < -0.39 is 4.65 Å². The molecule has 1 unspecified atom stereocenters. The van der Waals surface area contributed by atoms with Crippen LogP contribution in [0, 0.1) is 10.6 Å². The van der Waals surface area contributed by atoms with Crippen molar-refractivity contribution in [3.8, 4) is 0 Å². The van der Waals surface area contributed by atoms with Crippen molar-refractivity contribution in [1.82, 2.24) is 4.90 Å². The molecule has 1 aliphatic heterocycles. The van der Waals surface area contributed by atoms with Gasteiger partial charge >= 0.3 is 5.91 Å². The standard InChI is InChI=1S/C15H22N2O2/c1-15(2,3)14-16(4)10-11-17(14,19)13(18)12-8-6-5-7-9-12/h5-9,14H,10-11H2,1-4H3/t14?,17-/m1/s1. The number of quaternary nitrogens is 1. The Hall–Kier alpha value is -1.23. The average Bonchev–Trinajstić information content (AvgIpc) is 2.66. The van der Waals surface area contributed by atoms with Gasteiger partial charge in [-0.15, -0.1) is 0 Å². The zero-order chi connectivity index (χ0) is 14.3. The maximum atomic E-state index is 13.1. The number of carbonyl (C=O) groups excluding carboxylic acids is 1. The Morgan fingerprint density at radius 2 is 1.89 bits per heavy atom. The zero-order valence-corrected chi connectivity index (χ0v) is 12.1. The van der Waals surface area contributed by atoms with Crippen LogP contribution in [0.5, 0.6) is 0 Å². The molecule has 1 aromatic rings. The zero-order valence-electron chi connectivity index (χ0n) is 12.1. The van der Waals surface area contributed by atoms with Crippen LogP contribution in [0.1, 0.15) is 31.1 Å². The summed E-state index contributed by atoms with van der Waals surface area (Å²) in [6, 6.07) is 8.89. The van der Waals surface area contributed by atoms with Crippen LogP contribution in [0.15, 0.2) is 30.3 Å². The maximum absolute atomic E-state index is 13.1. The summed E-state index contributed by atoms with van der Waals surface area (Å²) in [7, 11) is 1.92. The van der Waals surface area contributed by atoms with Crippen LogP contribution in [-0.4, -0.2) is 41.8 Å². The summed E-state index contributed by atoms with van der Waals surface area (Å²) in [4.78, 5) is 14.6. The first-order valence-electron chi connectivity index (χ1n) is 6.66. The van der Waals surface area contributed by atoms with E-state index in [1.807, 2.05) is 38.8 Å². The Morgan fingerprint density at radius 1 is 1.32 bits per heavy atom. The minimum Gasteiger partial charge on any atom is -0.624 e. The second-order valence-corrected chi connectivity index (χ2v) is 6.41. The third-order valence-electron chi connectivity index (χ3n) is 3.74. The van der Waals surface area contributed by atoms with E-state index in [0.717, 1.165) is 0 Å². The lowest BCUT2D eigenvalue weighted by molar-refractivity contribution is -0.826. The Bertz CT molecular complexity index is 467. The minimum absolute atomic E-state index is 0.239. The van der Waals surface area contributed by atoms with E-state index >= 15 is 0 Å². The highest BCUT2D eigenvalue weighted by atomic mass is 16.6. The summed E-state index contributed by atoms with van der Waals surface area (Å²) >= 11 is 0. The largest absolute Gasteiger partial charge is 0.624 e. The molecule has 0 N–H and O–H groups in total. The monoisotopic (exact) mass is 262 g/mol. The van der Waals surface area contributed by atoms with Crippen molar-refractivity contribution in [2.75, 3.05) is 20.1 Å². The lowest BCUT2D eigenvalue weighted by atomic mass is 9.90. The molecule has 104 valence electrons. The van der Waals surface area contributed by atoms with Crippen LogP contribution in [0.3, 0.4) is 0 Å². The molecule has 0 spiro atoms. The average molecular weight is 262 g/mol. The van der Waals surface area contributed by atoms with Gasteiger partial charge < -0.3 is 5.21 Å². The van der Waals surface area contributed by atoms with E-state index in [4.69, 9.17) is 0 Å². The van der Waals surface area contributed by atoms with Crippen LogP contribution < -0.4 is 0 Å². The van der Waals surface area contributed by atoms with Crippen molar-refractivity contribution in [3.05, 3.63) is 41.1 Å². The number of benzene rings is 1. The molecule has 0 aliphatic carbocycles. The van der Waals surface area contributed by atoms with Gasteiger partial charge in [0.25, 0.3) is 0 Å². The van der Waals surface area contributed by atoms with Gasteiger partial charge in [-0.3, -0.25) is 9.55 Å². The van der Waals surface area contributed by atoms with Crippen molar-refractivity contribution < 1.29 is 9.44 Å². The fourth-order valence-electron chi connectivity index (χ4n) is 3.17. The molecule has 19 heavy (non-hydrogen) atoms. The lowest BCUT2D eigenvalue weighted by Crippen LogP contribution is -2.59. The van der Waals surface area contributed by atoms with E-state index in [0.29, 0.717) is 18.7 Å². The van der Waals surface area contributed by atoms with Gasteiger partial charge in [-0.1, -0.05) is 39.0 Å². The molecule has 0 radical (unpaired) electrons. The number of nitrogens with zero attached hydrogens (tertiary/aromatic N) is 2. The molecule has 4 heteroatoms. The predicted octanol–water partition coefficient (Wildman–Crippen LogP) is 2.46. The number of hydrogen-bond donors (Lipinski definition) is 0. The summed E-state index contributed by atoms with van der Waals surface area (Å²) < 4.78 is -0.774. The van der Waals surface area contributed by atoms with Crippen molar-refractivity contribution in [2.45, 2.75) is 26.9 Å². The van der Waals surface area contributed by atoms with Gasteiger partial charge in [-0.25, -0.2) is 4.79 Å². The number of hydrogen-bond acceptors (Lipinski definition) is 3. The molecule has 1 fully saturated rings. The second kappa shape index (κ2) is 4.71. The second-order valence-electron chi connectivity index (χ2n) is 6.41. The molecule has 1 aliphatic rings. The summed E-state index contributed by atoms with van der Waals surface area (Å²) in [5.74, 6) is -0.329. The smallest absolute Gasteiger partial charge is 0.347 e. The highest BCUT2D eigenvalue weighted by Crippen LogP contribution is 2.36. The molecule has 2 atom stereocenters. The molecule has 1 saturated heterocycles. The quantitative estimate of drug-likeness (QED) is 0.577. The van der Waals surface area contributed by atoms with Crippen LogP contribution >= 0.6 is 0 Å². The normalized spacial score (nSPS) is 28.6. The van der Waals surface area contributed by atoms with Gasteiger partial charge in [0.2, 0.25) is 0 Å². The minimum atomic E-state index is -0.774. The molecule has 1 amide bonds. The summed E-state index contributed by atoms with van der Waals surface area (Å²) in [6.07, 6.45) is -0.333. The van der Waals surface area contributed by atoms with Crippen molar-refractivity contribution in [2.24, 2.45) is 5.41 Å². The molecule has 0 saturated carbocycles. The molecule has 0 aromatic heterocycles. The number of rotatable bonds is 1. The highest BCUT2D eigenvalue weighted by Gasteiger charge is 2.50. The van der Waals surface area contributed by atoms with Gasteiger partial charge in [0, 0.05) is 5.41 Å². The Labute approximate surface area is 114 Å². The fraction of sp³-hybridized carbons (Fsp3) is 0.533. The molecule has 0 bridgehead atoms.